The molecule has 90 valence electrons. The molecular weight excluding hydrogens is 232 g/mol. The molecule has 3 N–H and O–H groups in total. The van der Waals surface area contributed by atoms with E-state index in [1.54, 1.807) is 0 Å². The van der Waals surface area contributed by atoms with Crippen molar-refractivity contribution in [2.24, 2.45) is 0 Å². The van der Waals surface area contributed by atoms with Crippen LogP contribution >= 0.6 is 11.3 Å². The maximum atomic E-state index is 11.9. The maximum absolute atomic E-state index is 11.9. The Morgan fingerprint density at radius 2 is 2.24 bits per heavy atom. The topological polar surface area (TPSA) is 55.1 Å². The number of hydrogen-bond donors (Lipinski definition) is 2. The van der Waals surface area contributed by atoms with Crippen molar-refractivity contribution in [2.45, 2.75) is 20.3 Å². The largest absolute Gasteiger partial charge is 0.397 e. The van der Waals surface area contributed by atoms with Gasteiger partial charge in [-0.3, -0.25) is 4.79 Å². The molecule has 0 atom stereocenters. The molecule has 0 unspecified atom stereocenters. The first-order valence-electron chi connectivity index (χ1n) is 5.70. The molecule has 1 amide bonds. The molecule has 4 heteroatoms. The van der Waals surface area contributed by atoms with Crippen LogP contribution in [0.1, 0.15) is 28.6 Å². The average Bonchev–Trinajstić information content (AvgIpc) is 2.63. The molecule has 0 spiro atoms. The van der Waals surface area contributed by atoms with Crippen molar-refractivity contribution < 1.29 is 4.79 Å². The zero-order valence-corrected chi connectivity index (χ0v) is 10.9. The minimum atomic E-state index is -0.0665. The fourth-order valence-corrected chi connectivity index (χ4v) is 2.85. The summed E-state index contributed by atoms with van der Waals surface area (Å²) in [4.78, 5) is 12.5. The normalized spacial score (nSPS) is 10.7. The molecule has 3 nitrogen and oxygen atoms in total. The minimum absolute atomic E-state index is 0.0665. The van der Waals surface area contributed by atoms with Crippen molar-refractivity contribution in [3.63, 3.8) is 0 Å². The Bertz CT molecular complexity index is 560. The van der Waals surface area contributed by atoms with Crippen molar-refractivity contribution in [3.05, 3.63) is 28.6 Å². The number of anilines is 1. The lowest BCUT2D eigenvalue weighted by Gasteiger charge is -2.01. The highest BCUT2D eigenvalue weighted by Gasteiger charge is 2.15. The second-order valence-electron chi connectivity index (χ2n) is 4.10. The van der Waals surface area contributed by atoms with E-state index in [9.17, 15) is 4.79 Å². The highest BCUT2D eigenvalue weighted by atomic mass is 32.1. The predicted molar refractivity (Wildman–Crippen MR) is 73.6 cm³/mol. The lowest BCUT2D eigenvalue weighted by atomic mass is 10.1. The Morgan fingerprint density at radius 1 is 1.47 bits per heavy atom. The van der Waals surface area contributed by atoms with Crippen LogP contribution in [0.25, 0.3) is 10.1 Å². The first kappa shape index (κ1) is 11.9. The van der Waals surface area contributed by atoms with Gasteiger partial charge in [-0.15, -0.1) is 11.3 Å². The summed E-state index contributed by atoms with van der Waals surface area (Å²) in [7, 11) is 0. The summed E-state index contributed by atoms with van der Waals surface area (Å²) >= 11 is 1.46. The fraction of sp³-hybridized carbons (Fsp3) is 0.308. The standard InChI is InChI=1S/C13H16N2OS/c1-3-6-15-13(16)12-11(14)9-5-4-8(2)7-10(9)17-12/h4-5,7H,3,6,14H2,1-2H3,(H,15,16). The van der Waals surface area contributed by atoms with Gasteiger partial charge in [0.05, 0.1) is 5.69 Å². The van der Waals surface area contributed by atoms with E-state index in [2.05, 4.69) is 11.4 Å². The summed E-state index contributed by atoms with van der Waals surface area (Å²) in [6.45, 7) is 4.75. The molecule has 2 aromatic rings. The van der Waals surface area contributed by atoms with Gasteiger partial charge in [0.25, 0.3) is 5.91 Å². The predicted octanol–water partition coefficient (Wildman–Crippen LogP) is 2.93. The summed E-state index contributed by atoms with van der Waals surface area (Å²) in [6, 6.07) is 6.05. The van der Waals surface area contributed by atoms with Crippen LogP contribution in [0.4, 0.5) is 5.69 Å². The van der Waals surface area contributed by atoms with Gasteiger partial charge in [-0.25, -0.2) is 0 Å². The average molecular weight is 248 g/mol. The molecule has 17 heavy (non-hydrogen) atoms. The number of nitrogens with two attached hydrogens (primary N) is 1. The molecule has 0 aliphatic rings. The van der Waals surface area contributed by atoms with Gasteiger partial charge in [0.2, 0.25) is 0 Å². The van der Waals surface area contributed by atoms with Gasteiger partial charge in [-0.1, -0.05) is 19.1 Å². The molecule has 0 aliphatic heterocycles. The van der Waals surface area contributed by atoms with Crippen LogP contribution in [-0.4, -0.2) is 12.5 Å². The van der Waals surface area contributed by atoms with Crippen LogP contribution < -0.4 is 11.1 Å². The van der Waals surface area contributed by atoms with Crippen molar-refractivity contribution in [3.8, 4) is 0 Å². The summed E-state index contributed by atoms with van der Waals surface area (Å²) < 4.78 is 1.07. The number of carbonyl (C=O) groups excluding carboxylic acids is 1. The number of rotatable bonds is 3. The van der Waals surface area contributed by atoms with Crippen LogP contribution in [0.15, 0.2) is 18.2 Å². The minimum Gasteiger partial charge on any atom is -0.397 e. The molecule has 1 aromatic heterocycles. The Labute approximate surface area is 105 Å². The van der Waals surface area contributed by atoms with Crippen LogP contribution in [-0.2, 0) is 0 Å². The van der Waals surface area contributed by atoms with Crippen LogP contribution in [0.3, 0.4) is 0 Å². The second kappa shape index (κ2) is 4.75. The smallest absolute Gasteiger partial charge is 0.263 e. The Balaban J connectivity index is 2.41. The molecule has 2 rings (SSSR count). The number of hydrogen-bond acceptors (Lipinski definition) is 3. The van der Waals surface area contributed by atoms with E-state index < -0.39 is 0 Å². The van der Waals surface area contributed by atoms with Crippen molar-refractivity contribution in [1.82, 2.24) is 5.32 Å². The number of nitrogens with one attached hydrogen (secondary N) is 1. The van der Waals surface area contributed by atoms with Gasteiger partial charge in [0.1, 0.15) is 4.88 Å². The van der Waals surface area contributed by atoms with E-state index in [1.165, 1.54) is 16.9 Å². The quantitative estimate of drug-likeness (QED) is 0.877. The van der Waals surface area contributed by atoms with E-state index in [1.807, 2.05) is 26.0 Å². The fourth-order valence-electron chi connectivity index (χ4n) is 1.71. The summed E-state index contributed by atoms with van der Waals surface area (Å²) in [5.74, 6) is -0.0665. The van der Waals surface area contributed by atoms with Gasteiger partial charge in [0.15, 0.2) is 0 Å². The van der Waals surface area contributed by atoms with Gasteiger partial charge < -0.3 is 11.1 Å². The maximum Gasteiger partial charge on any atom is 0.263 e. The van der Waals surface area contributed by atoms with Crippen molar-refractivity contribution in [1.29, 1.82) is 0 Å². The van der Waals surface area contributed by atoms with E-state index in [-0.39, 0.29) is 5.91 Å². The highest BCUT2D eigenvalue weighted by Crippen LogP contribution is 2.33. The molecule has 1 aromatic carbocycles. The van der Waals surface area contributed by atoms with Crippen LogP contribution in [0, 0.1) is 6.92 Å². The Hall–Kier alpha value is -1.55. The second-order valence-corrected chi connectivity index (χ2v) is 5.15. The highest BCUT2D eigenvalue weighted by molar-refractivity contribution is 7.21. The number of nitrogen functional groups attached to an aromatic ring is 1. The zero-order chi connectivity index (χ0) is 12.4. The molecule has 0 saturated heterocycles. The number of benzene rings is 1. The summed E-state index contributed by atoms with van der Waals surface area (Å²) in [5, 5.41) is 3.83. The Kier molecular flexibility index (Phi) is 3.33. The molecule has 0 aliphatic carbocycles. The molecule has 0 bridgehead atoms. The van der Waals surface area contributed by atoms with E-state index >= 15 is 0 Å². The summed E-state index contributed by atoms with van der Waals surface area (Å²) in [5.41, 5.74) is 7.79. The number of thiophene rings is 1. The third-order valence-electron chi connectivity index (χ3n) is 2.63. The molecular formula is C13H16N2OS. The zero-order valence-electron chi connectivity index (χ0n) is 10.0. The monoisotopic (exact) mass is 248 g/mol. The third-order valence-corrected chi connectivity index (χ3v) is 3.79. The van der Waals surface area contributed by atoms with Gasteiger partial charge >= 0.3 is 0 Å². The van der Waals surface area contributed by atoms with Gasteiger partial charge in [0, 0.05) is 16.6 Å². The van der Waals surface area contributed by atoms with E-state index in [0.29, 0.717) is 17.1 Å². The van der Waals surface area contributed by atoms with Crippen LogP contribution in [0.2, 0.25) is 0 Å². The number of amides is 1. The van der Waals surface area contributed by atoms with Gasteiger partial charge in [-0.05, 0) is 25.0 Å². The molecule has 0 radical (unpaired) electrons. The lowest BCUT2D eigenvalue weighted by Crippen LogP contribution is -2.23. The van der Waals surface area contributed by atoms with Crippen molar-refractivity contribution >= 4 is 33.0 Å². The van der Waals surface area contributed by atoms with Gasteiger partial charge in [-0.2, -0.15) is 0 Å². The molecule has 1 heterocycles. The Morgan fingerprint density at radius 3 is 2.94 bits per heavy atom. The first-order valence-corrected chi connectivity index (χ1v) is 6.52. The first-order chi connectivity index (χ1) is 8.13. The lowest BCUT2D eigenvalue weighted by molar-refractivity contribution is 0.0958. The molecule has 0 fully saturated rings. The SMILES string of the molecule is CCCNC(=O)c1sc2cc(C)ccc2c1N. The summed E-state index contributed by atoms with van der Waals surface area (Å²) in [6.07, 6.45) is 0.926. The van der Waals surface area contributed by atoms with E-state index in [0.717, 1.165) is 16.5 Å². The molecule has 0 saturated carbocycles. The van der Waals surface area contributed by atoms with Crippen LogP contribution in [0.5, 0.6) is 0 Å². The third kappa shape index (κ3) is 2.26. The van der Waals surface area contributed by atoms with E-state index in [4.69, 9.17) is 5.73 Å². The number of carbonyl (C=O) groups is 1. The number of aryl methyl sites for hydroxylation is 1. The van der Waals surface area contributed by atoms with Crippen molar-refractivity contribution in [2.75, 3.05) is 12.3 Å². The number of fused-ring (bicyclic) bond motifs is 1.